The van der Waals surface area contributed by atoms with Crippen molar-refractivity contribution in [2.24, 2.45) is 0 Å². The molecule has 0 unspecified atom stereocenters. The van der Waals surface area contributed by atoms with Gasteiger partial charge in [0.1, 0.15) is 6.29 Å². The van der Waals surface area contributed by atoms with Crippen LogP contribution in [0.15, 0.2) is 59.0 Å². The minimum atomic E-state index is 0.568. The summed E-state index contributed by atoms with van der Waals surface area (Å²) < 4.78 is 5.86. The zero-order chi connectivity index (χ0) is 13.9. The van der Waals surface area contributed by atoms with E-state index >= 15 is 0 Å². The molecule has 3 rings (SSSR count). The lowest BCUT2D eigenvalue weighted by molar-refractivity contribution is 0.112. The van der Waals surface area contributed by atoms with Crippen LogP contribution in [0.1, 0.15) is 16.1 Å². The van der Waals surface area contributed by atoms with Crippen LogP contribution < -0.4 is 0 Å². The highest BCUT2D eigenvalue weighted by Crippen LogP contribution is 2.29. The van der Waals surface area contributed by atoms with Crippen molar-refractivity contribution in [1.82, 2.24) is 4.98 Å². The van der Waals surface area contributed by atoms with E-state index in [-0.39, 0.29) is 0 Å². The van der Waals surface area contributed by atoms with Gasteiger partial charge < -0.3 is 4.42 Å². The molecule has 98 valence electrons. The number of hydrogen-bond acceptors (Lipinski definition) is 3. The number of oxazole rings is 1. The second kappa shape index (κ2) is 5.13. The van der Waals surface area contributed by atoms with Crippen molar-refractivity contribution in [3.63, 3.8) is 0 Å². The molecule has 0 fully saturated rings. The molecule has 3 nitrogen and oxygen atoms in total. The predicted molar refractivity (Wildman–Crippen MR) is 77.5 cm³/mol. The Bertz CT molecular complexity index is 727. The molecule has 0 bridgehead atoms. The summed E-state index contributed by atoms with van der Waals surface area (Å²) in [5.41, 5.74) is 3.36. The second-order valence-corrected chi connectivity index (χ2v) is 4.54. The maximum absolute atomic E-state index is 10.7. The lowest BCUT2D eigenvalue weighted by atomic mass is 10.1. The highest BCUT2D eigenvalue weighted by Gasteiger charge is 2.12. The molecule has 1 aromatic heterocycles. The van der Waals surface area contributed by atoms with E-state index in [1.54, 1.807) is 12.1 Å². The third-order valence-electron chi connectivity index (χ3n) is 3.13. The molecule has 0 N–H and O–H groups in total. The largest absolute Gasteiger partial charge is 0.436 e. The van der Waals surface area contributed by atoms with Crippen molar-refractivity contribution < 1.29 is 9.21 Å². The summed E-state index contributed by atoms with van der Waals surface area (Å²) in [6.07, 6.45) is 0.819. The quantitative estimate of drug-likeness (QED) is 0.667. The minimum absolute atomic E-state index is 0.568. The first kappa shape index (κ1) is 12.4. The van der Waals surface area contributed by atoms with Crippen molar-refractivity contribution in [3.05, 3.63) is 65.9 Å². The molecule has 3 aromatic rings. The summed E-state index contributed by atoms with van der Waals surface area (Å²) in [6, 6.07) is 17.1. The summed E-state index contributed by atoms with van der Waals surface area (Å²) in [4.78, 5) is 15.1. The average molecular weight is 263 g/mol. The van der Waals surface area contributed by atoms with E-state index in [9.17, 15) is 4.79 Å². The molecule has 0 aliphatic rings. The van der Waals surface area contributed by atoms with Crippen molar-refractivity contribution in [3.8, 4) is 22.8 Å². The Morgan fingerprint density at radius 1 is 0.950 bits per heavy atom. The molecule has 2 aromatic carbocycles. The number of carbonyl (C=O) groups is 1. The molecule has 0 radical (unpaired) electrons. The molecule has 3 heteroatoms. The number of aromatic nitrogens is 1. The summed E-state index contributed by atoms with van der Waals surface area (Å²) in [5, 5.41) is 0. The summed E-state index contributed by atoms with van der Waals surface area (Å²) in [7, 11) is 0. The molecule has 20 heavy (non-hydrogen) atoms. The Morgan fingerprint density at radius 2 is 1.65 bits per heavy atom. The van der Waals surface area contributed by atoms with Crippen molar-refractivity contribution in [1.29, 1.82) is 0 Å². The fraction of sp³-hybridized carbons (Fsp3) is 0.0588. The van der Waals surface area contributed by atoms with Gasteiger partial charge in [-0.25, -0.2) is 4.98 Å². The first-order valence-corrected chi connectivity index (χ1v) is 6.36. The van der Waals surface area contributed by atoms with Crippen LogP contribution in [0.5, 0.6) is 0 Å². The van der Waals surface area contributed by atoms with Gasteiger partial charge in [0.15, 0.2) is 5.76 Å². The average Bonchev–Trinajstić information content (AvgIpc) is 2.90. The van der Waals surface area contributed by atoms with Crippen molar-refractivity contribution >= 4 is 6.29 Å². The molecular weight excluding hydrogens is 250 g/mol. The number of carbonyl (C=O) groups excluding carboxylic acids is 1. The molecule has 0 amide bonds. The normalized spacial score (nSPS) is 10.4. The van der Waals surface area contributed by atoms with Crippen LogP contribution >= 0.6 is 0 Å². The van der Waals surface area contributed by atoms with Gasteiger partial charge in [-0.3, -0.25) is 4.79 Å². The number of benzene rings is 2. The van der Waals surface area contributed by atoms with Gasteiger partial charge in [-0.05, 0) is 19.1 Å². The highest BCUT2D eigenvalue weighted by molar-refractivity contribution is 5.76. The maximum atomic E-state index is 10.7. The number of aryl methyl sites for hydroxylation is 1. The Labute approximate surface area is 116 Å². The predicted octanol–water partition coefficient (Wildman–Crippen LogP) is 4.13. The Kier molecular flexibility index (Phi) is 3.17. The molecule has 0 saturated carbocycles. The third-order valence-corrected chi connectivity index (χ3v) is 3.13. The standard InChI is InChI=1S/C17H13NO2/c1-12-16(14-5-3-2-4-6-14)20-17(18-12)15-9-7-13(11-19)8-10-15/h2-11H,1H3. The van der Waals surface area contributed by atoms with Crippen LogP contribution in [0.25, 0.3) is 22.8 Å². The Morgan fingerprint density at radius 3 is 2.30 bits per heavy atom. The van der Waals surface area contributed by atoms with Gasteiger partial charge in [-0.1, -0.05) is 42.5 Å². The molecular formula is C17H13NO2. The smallest absolute Gasteiger partial charge is 0.226 e. The van der Waals surface area contributed by atoms with Crippen LogP contribution in [0.3, 0.4) is 0 Å². The zero-order valence-electron chi connectivity index (χ0n) is 11.0. The van der Waals surface area contributed by atoms with Crippen LogP contribution in [0, 0.1) is 6.92 Å². The van der Waals surface area contributed by atoms with Crippen LogP contribution in [0.2, 0.25) is 0 Å². The number of hydrogen-bond donors (Lipinski definition) is 0. The van der Waals surface area contributed by atoms with Gasteiger partial charge in [0.25, 0.3) is 0 Å². The van der Waals surface area contributed by atoms with Crippen LogP contribution in [-0.2, 0) is 0 Å². The van der Waals surface area contributed by atoms with Crippen molar-refractivity contribution in [2.45, 2.75) is 6.92 Å². The van der Waals surface area contributed by atoms with Gasteiger partial charge in [0.05, 0.1) is 5.69 Å². The highest BCUT2D eigenvalue weighted by atomic mass is 16.4. The van der Waals surface area contributed by atoms with Gasteiger partial charge in [0, 0.05) is 16.7 Å². The Balaban J connectivity index is 2.01. The fourth-order valence-corrected chi connectivity index (χ4v) is 2.08. The van der Waals surface area contributed by atoms with Gasteiger partial charge in [-0.2, -0.15) is 0 Å². The third kappa shape index (κ3) is 2.26. The second-order valence-electron chi connectivity index (χ2n) is 4.54. The first-order chi connectivity index (χ1) is 9.78. The lowest BCUT2D eigenvalue weighted by Gasteiger charge is -1.97. The molecule has 0 aliphatic carbocycles. The van der Waals surface area contributed by atoms with Gasteiger partial charge in [0.2, 0.25) is 5.89 Å². The molecule has 0 aliphatic heterocycles. The molecule has 0 atom stereocenters. The number of nitrogens with zero attached hydrogens (tertiary/aromatic N) is 1. The van der Waals surface area contributed by atoms with E-state index in [1.165, 1.54) is 0 Å². The first-order valence-electron chi connectivity index (χ1n) is 6.36. The van der Waals surface area contributed by atoms with E-state index in [4.69, 9.17) is 4.42 Å². The zero-order valence-corrected chi connectivity index (χ0v) is 11.0. The van der Waals surface area contributed by atoms with Gasteiger partial charge in [-0.15, -0.1) is 0 Å². The minimum Gasteiger partial charge on any atom is -0.436 e. The summed E-state index contributed by atoms with van der Waals surface area (Å²) >= 11 is 0. The van der Waals surface area contributed by atoms with Crippen LogP contribution in [-0.4, -0.2) is 11.3 Å². The molecule has 0 saturated heterocycles. The monoisotopic (exact) mass is 263 g/mol. The summed E-state index contributed by atoms with van der Waals surface area (Å²) in [5.74, 6) is 1.35. The van der Waals surface area contributed by atoms with Crippen LogP contribution in [0.4, 0.5) is 0 Å². The van der Waals surface area contributed by atoms with E-state index in [0.29, 0.717) is 11.5 Å². The van der Waals surface area contributed by atoms with Crippen molar-refractivity contribution in [2.75, 3.05) is 0 Å². The number of aldehydes is 1. The topological polar surface area (TPSA) is 43.1 Å². The van der Waals surface area contributed by atoms with E-state index < -0.39 is 0 Å². The van der Waals surface area contributed by atoms with Gasteiger partial charge >= 0.3 is 0 Å². The molecule has 1 heterocycles. The maximum Gasteiger partial charge on any atom is 0.226 e. The lowest BCUT2D eigenvalue weighted by Crippen LogP contribution is -1.81. The SMILES string of the molecule is Cc1nc(-c2ccc(C=O)cc2)oc1-c1ccccc1. The van der Waals surface area contributed by atoms with E-state index in [1.807, 2.05) is 49.4 Å². The fourth-order valence-electron chi connectivity index (χ4n) is 2.08. The molecule has 0 spiro atoms. The Hall–Kier alpha value is -2.68. The van der Waals surface area contributed by atoms with E-state index in [0.717, 1.165) is 28.9 Å². The number of rotatable bonds is 3. The summed E-state index contributed by atoms with van der Waals surface area (Å²) in [6.45, 7) is 1.93. The van der Waals surface area contributed by atoms with E-state index in [2.05, 4.69) is 4.98 Å².